The van der Waals surface area contributed by atoms with Crippen LogP contribution in [0.5, 0.6) is 0 Å². The van der Waals surface area contributed by atoms with Crippen LogP contribution in [0.15, 0.2) is 30.6 Å². The molecule has 1 N–H and O–H groups in total. The second-order valence-electron chi connectivity index (χ2n) is 4.16. The number of nitrogens with one attached hydrogen (secondary N) is 1. The zero-order valence-electron chi connectivity index (χ0n) is 9.31. The third kappa shape index (κ3) is 1.82. The zero-order chi connectivity index (χ0) is 11.7. The molecule has 3 rings (SSSR count). The lowest BCUT2D eigenvalue weighted by molar-refractivity contribution is 0.576. The van der Waals surface area contributed by atoms with Crippen molar-refractivity contribution in [3.05, 3.63) is 42.2 Å². The molecule has 0 amide bonds. The summed E-state index contributed by atoms with van der Waals surface area (Å²) >= 11 is 0. The van der Waals surface area contributed by atoms with E-state index in [1.54, 1.807) is 23.0 Å². The lowest BCUT2D eigenvalue weighted by Gasteiger charge is -2.12. The van der Waals surface area contributed by atoms with E-state index in [9.17, 15) is 4.39 Å². The molecule has 5 heteroatoms. The van der Waals surface area contributed by atoms with Crippen molar-refractivity contribution in [2.24, 2.45) is 0 Å². The Balaban J connectivity index is 2.04. The first-order chi connectivity index (χ1) is 8.36. The van der Waals surface area contributed by atoms with Crippen LogP contribution in [0.2, 0.25) is 0 Å². The summed E-state index contributed by atoms with van der Waals surface area (Å²) in [5.74, 6) is 0.527. The van der Waals surface area contributed by atoms with Crippen LogP contribution in [0, 0.1) is 5.82 Å². The topological polar surface area (TPSA) is 42.7 Å². The van der Waals surface area contributed by atoms with Gasteiger partial charge in [0.25, 0.3) is 0 Å². The van der Waals surface area contributed by atoms with Gasteiger partial charge in [-0.2, -0.15) is 0 Å². The van der Waals surface area contributed by atoms with Crippen molar-refractivity contribution >= 4 is 0 Å². The smallest absolute Gasteiger partial charge is 0.154 e. The van der Waals surface area contributed by atoms with Crippen molar-refractivity contribution in [2.45, 2.75) is 18.9 Å². The van der Waals surface area contributed by atoms with Crippen molar-refractivity contribution in [3.8, 4) is 5.69 Å². The Morgan fingerprint density at radius 2 is 2.24 bits per heavy atom. The van der Waals surface area contributed by atoms with Crippen molar-refractivity contribution in [3.63, 3.8) is 0 Å². The van der Waals surface area contributed by atoms with E-state index in [2.05, 4.69) is 15.5 Å². The molecule has 4 nitrogen and oxygen atoms in total. The largest absolute Gasteiger partial charge is 0.307 e. The summed E-state index contributed by atoms with van der Waals surface area (Å²) in [6.07, 6.45) is 3.70. The van der Waals surface area contributed by atoms with Gasteiger partial charge >= 0.3 is 0 Å². The molecule has 1 aromatic carbocycles. The van der Waals surface area contributed by atoms with Gasteiger partial charge in [-0.05, 0) is 31.5 Å². The van der Waals surface area contributed by atoms with Crippen molar-refractivity contribution < 1.29 is 4.39 Å². The Morgan fingerprint density at radius 1 is 1.35 bits per heavy atom. The van der Waals surface area contributed by atoms with Gasteiger partial charge in [0.15, 0.2) is 5.82 Å². The molecule has 1 saturated heterocycles. The number of aromatic nitrogens is 3. The summed E-state index contributed by atoms with van der Waals surface area (Å²) in [4.78, 5) is 0. The summed E-state index contributed by atoms with van der Waals surface area (Å²) in [5, 5.41) is 11.3. The van der Waals surface area contributed by atoms with Gasteiger partial charge in [0.05, 0.1) is 11.7 Å². The predicted octanol–water partition coefficient (Wildman–Crippen LogP) is 1.83. The maximum Gasteiger partial charge on any atom is 0.154 e. The number of halogens is 1. The fourth-order valence-corrected chi connectivity index (χ4v) is 2.22. The van der Waals surface area contributed by atoms with E-state index < -0.39 is 0 Å². The number of rotatable bonds is 2. The first-order valence-corrected chi connectivity index (χ1v) is 5.74. The van der Waals surface area contributed by atoms with Crippen LogP contribution < -0.4 is 5.32 Å². The molecule has 1 fully saturated rings. The second kappa shape index (κ2) is 4.25. The number of hydrogen-bond acceptors (Lipinski definition) is 3. The second-order valence-corrected chi connectivity index (χ2v) is 4.16. The molecule has 2 heterocycles. The molecule has 0 saturated carbocycles. The van der Waals surface area contributed by atoms with Crippen LogP contribution in [0.3, 0.4) is 0 Å². The number of benzene rings is 1. The van der Waals surface area contributed by atoms with Crippen LogP contribution in [-0.4, -0.2) is 21.3 Å². The van der Waals surface area contributed by atoms with Gasteiger partial charge < -0.3 is 5.32 Å². The molecule has 17 heavy (non-hydrogen) atoms. The van der Waals surface area contributed by atoms with Crippen LogP contribution >= 0.6 is 0 Å². The van der Waals surface area contributed by atoms with Gasteiger partial charge in [0.1, 0.15) is 12.1 Å². The average Bonchev–Trinajstić information content (AvgIpc) is 3.00. The van der Waals surface area contributed by atoms with E-state index >= 15 is 0 Å². The zero-order valence-corrected chi connectivity index (χ0v) is 9.31. The highest BCUT2D eigenvalue weighted by atomic mass is 19.1. The minimum atomic E-state index is -0.258. The van der Waals surface area contributed by atoms with Gasteiger partial charge in [-0.1, -0.05) is 12.1 Å². The Morgan fingerprint density at radius 3 is 3.00 bits per heavy atom. The number of nitrogens with zero attached hydrogens (tertiary/aromatic N) is 3. The molecular formula is C12H13FN4. The summed E-state index contributed by atoms with van der Waals surface area (Å²) in [6.45, 7) is 0.981. The van der Waals surface area contributed by atoms with Gasteiger partial charge in [0.2, 0.25) is 0 Å². The lowest BCUT2D eigenvalue weighted by Crippen LogP contribution is -2.17. The molecule has 1 unspecified atom stereocenters. The highest BCUT2D eigenvalue weighted by molar-refractivity contribution is 5.34. The maximum absolute atomic E-state index is 13.7. The fraction of sp³-hybridized carbons (Fsp3) is 0.333. The molecule has 2 aromatic rings. The number of para-hydroxylation sites is 1. The van der Waals surface area contributed by atoms with E-state index in [1.807, 2.05) is 6.07 Å². The SMILES string of the molecule is Fc1ccccc1-n1cnnc1C1CCCN1. The highest BCUT2D eigenvalue weighted by Crippen LogP contribution is 2.24. The van der Waals surface area contributed by atoms with Crippen LogP contribution in [0.4, 0.5) is 4.39 Å². The molecule has 0 spiro atoms. The minimum absolute atomic E-state index is 0.178. The van der Waals surface area contributed by atoms with Gasteiger partial charge in [-0.3, -0.25) is 4.57 Å². The third-order valence-electron chi connectivity index (χ3n) is 3.06. The molecule has 0 bridgehead atoms. The fourth-order valence-electron chi connectivity index (χ4n) is 2.22. The molecule has 1 aromatic heterocycles. The van der Waals surface area contributed by atoms with Gasteiger partial charge in [-0.15, -0.1) is 10.2 Å². The van der Waals surface area contributed by atoms with E-state index in [1.165, 1.54) is 6.07 Å². The Kier molecular flexibility index (Phi) is 2.60. The average molecular weight is 232 g/mol. The Bertz CT molecular complexity index is 517. The molecule has 88 valence electrons. The molecule has 0 radical (unpaired) electrons. The van der Waals surface area contributed by atoms with Crippen molar-refractivity contribution in [1.82, 2.24) is 20.1 Å². The summed E-state index contributed by atoms with van der Waals surface area (Å²) in [7, 11) is 0. The Hall–Kier alpha value is -1.75. The summed E-state index contributed by atoms with van der Waals surface area (Å²) in [6, 6.07) is 6.84. The quantitative estimate of drug-likeness (QED) is 0.859. The molecular weight excluding hydrogens is 219 g/mol. The van der Waals surface area contributed by atoms with Crippen LogP contribution in [0.1, 0.15) is 24.7 Å². The lowest BCUT2D eigenvalue weighted by atomic mass is 10.2. The third-order valence-corrected chi connectivity index (χ3v) is 3.06. The summed E-state index contributed by atoms with van der Waals surface area (Å²) < 4.78 is 15.4. The number of hydrogen-bond donors (Lipinski definition) is 1. The van der Waals surface area contributed by atoms with E-state index in [0.29, 0.717) is 5.69 Å². The highest BCUT2D eigenvalue weighted by Gasteiger charge is 2.22. The Labute approximate surface area is 98.5 Å². The predicted molar refractivity (Wildman–Crippen MR) is 61.3 cm³/mol. The molecule has 1 aliphatic rings. The van der Waals surface area contributed by atoms with Crippen molar-refractivity contribution in [1.29, 1.82) is 0 Å². The van der Waals surface area contributed by atoms with E-state index in [0.717, 1.165) is 25.2 Å². The minimum Gasteiger partial charge on any atom is -0.307 e. The monoisotopic (exact) mass is 232 g/mol. The first kappa shape index (κ1) is 10.4. The maximum atomic E-state index is 13.7. The first-order valence-electron chi connectivity index (χ1n) is 5.74. The molecule has 1 atom stereocenters. The van der Waals surface area contributed by atoms with Crippen LogP contribution in [-0.2, 0) is 0 Å². The molecule has 1 aliphatic heterocycles. The normalized spacial score (nSPS) is 19.7. The van der Waals surface area contributed by atoms with Crippen LogP contribution in [0.25, 0.3) is 5.69 Å². The van der Waals surface area contributed by atoms with Crippen molar-refractivity contribution in [2.75, 3.05) is 6.54 Å². The van der Waals surface area contributed by atoms with E-state index in [4.69, 9.17) is 0 Å². The van der Waals surface area contributed by atoms with Gasteiger partial charge in [-0.25, -0.2) is 4.39 Å². The summed E-state index contributed by atoms with van der Waals surface area (Å²) in [5.41, 5.74) is 0.501. The molecule has 0 aliphatic carbocycles. The standard InChI is InChI=1S/C12H13FN4/c13-9-4-1-2-6-11(9)17-8-15-16-12(17)10-5-3-7-14-10/h1-2,4,6,8,10,14H,3,5,7H2. The van der Waals surface area contributed by atoms with Gasteiger partial charge in [0, 0.05) is 0 Å². The van der Waals surface area contributed by atoms with E-state index in [-0.39, 0.29) is 11.9 Å².